The van der Waals surface area contributed by atoms with Crippen molar-refractivity contribution in [3.05, 3.63) is 24.3 Å². The number of hydrogen-bond donors (Lipinski definition) is 2. The molecule has 1 aromatic carbocycles. The van der Waals surface area contributed by atoms with E-state index in [1.54, 1.807) is 12.1 Å². The fourth-order valence-electron chi connectivity index (χ4n) is 2.07. The predicted octanol–water partition coefficient (Wildman–Crippen LogP) is 2.20. The second-order valence-electron chi connectivity index (χ2n) is 4.74. The molecule has 1 aromatic rings. The van der Waals surface area contributed by atoms with Gasteiger partial charge in [0.1, 0.15) is 0 Å². The van der Waals surface area contributed by atoms with Gasteiger partial charge in [-0.15, -0.1) is 0 Å². The van der Waals surface area contributed by atoms with Gasteiger partial charge in [-0.1, -0.05) is 19.3 Å². The van der Waals surface area contributed by atoms with E-state index in [9.17, 15) is 8.42 Å². The first-order chi connectivity index (χ1) is 8.62. The first-order valence-electron chi connectivity index (χ1n) is 6.39. The average molecular weight is 268 g/mol. The minimum absolute atomic E-state index is 0.301. The summed E-state index contributed by atoms with van der Waals surface area (Å²) in [5.41, 5.74) is 0.976. The van der Waals surface area contributed by atoms with Crippen LogP contribution in [0, 0.1) is 5.92 Å². The van der Waals surface area contributed by atoms with E-state index in [1.807, 2.05) is 12.1 Å². The Bertz CT molecular complexity index is 478. The summed E-state index contributed by atoms with van der Waals surface area (Å²) in [6.07, 6.45) is 5.31. The van der Waals surface area contributed by atoms with Crippen LogP contribution in [0.25, 0.3) is 0 Å². The van der Waals surface area contributed by atoms with Gasteiger partial charge < -0.3 is 5.32 Å². The Morgan fingerprint density at radius 3 is 2.39 bits per heavy atom. The maximum absolute atomic E-state index is 11.5. The molecule has 0 heterocycles. The summed E-state index contributed by atoms with van der Waals surface area (Å²) in [5, 5.41) is 3.33. The minimum Gasteiger partial charge on any atom is -0.385 e. The number of hydrogen-bond acceptors (Lipinski definition) is 3. The quantitative estimate of drug-likeness (QED) is 0.831. The van der Waals surface area contributed by atoms with Crippen molar-refractivity contribution in [2.45, 2.75) is 30.6 Å². The molecule has 0 spiro atoms. The predicted molar refractivity (Wildman–Crippen MR) is 73.1 cm³/mol. The Balaban J connectivity index is 1.87. The van der Waals surface area contributed by atoms with Crippen molar-refractivity contribution in [3.63, 3.8) is 0 Å². The van der Waals surface area contributed by atoms with Crippen LogP contribution in [0.3, 0.4) is 0 Å². The maximum Gasteiger partial charge on any atom is 0.240 e. The van der Waals surface area contributed by atoms with Crippen molar-refractivity contribution >= 4 is 15.7 Å². The Morgan fingerprint density at radius 1 is 1.22 bits per heavy atom. The largest absolute Gasteiger partial charge is 0.385 e. The molecule has 2 rings (SSSR count). The van der Waals surface area contributed by atoms with Crippen molar-refractivity contribution in [3.8, 4) is 0 Å². The maximum atomic E-state index is 11.5. The molecule has 1 fully saturated rings. The van der Waals surface area contributed by atoms with Gasteiger partial charge in [0, 0.05) is 12.2 Å². The van der Waals surface area contributed by atoms with Gasteiger partial charge in [0.05, 0.1) is 4.90 Å². The Kier molecular flexibility index (Phi) is 4.24. The normalized spacial score (nSPS) is 16.3. The van der Waals surface area contributed by atoms with Crippen LogP contribution in [0.4, 0.5) is 5.69 Å². The van der Waals surface area contributed by atoms with Crippen LogP contribution in [0.1, 0.15) is 25.7 Å². The van der Waals surface area contributed by atoms with E-state index in [1.165, 1.54) is 32.7 Å². The van der Waals surface area contributed by atoms with Gasteiger partial charge in [0.25, 0.3) is 0 Å². The first kappa shape index (κ1) is 13.4. The average Bonchev–Trinajstić information content (AvgIpc) is 2.33. The number of anilines is 1. The Morgan fingerprint density at radius 2 is 1.89 bits per heavy atom. The molecule has 1 aliphatic carbocycles. The summed E-state index contributed by atoms with van der Waals surface area (Å²) in [6.45, 7) is 0.961. The topological polar surface area (TPSA) is 58.2 Å². The van der Waals surface area contributed by atoms with Crippen LogP contribution < -0.4 is 10.0 Å². The van der Waals surface area contributed by atoms with E-state index < -0.39 is 10.0 Å². The summed E-state index contributed by atoms with van der Waals surface area (Å²) < 4.78 is 25.4. The molecule has 5 heteroatoms. The molecule has 18 heavy (non-hydrogen) atoms. The lowest BCUT2D eigenvalue weighted by Crippen LogP contribution is -2.18. The standard InChI is InChI=1S/C13H20N2O2S/c1-14-18(16,17)13-7-5-12(6-8-13)15-10-9-11-3-2-4-11/h5-8,11,14-15H,2-4,9-10H2,1H3. The zero-order chi connectivity index (χ0) is 13.0. The molecule has 1 saturated carbocycles. The lowest BCUT2D eigenvalue weighted by Gasteiger charge is -2.25. The molecule has 100 valence electrons. The highest BCUT2D eigenvalue weighted by molar-refractivity contribution is 7.89. The zero-order valence-corrected chi connectivity index (χ0v) is 11.5. The highest BCUT2D eigenvalue weighted by Gasteiger charge is 2.16. The van der Waals surface area contributed by atoms with E-state index in [0.717, 1.165) is 18.2 Å². The van der Waals surface area contributed by atoms with E-state index in [2.05, 4.69) is 10.0 Å². The van der Waals surface area contributed by atoms with Crippen LogP contribution >= 0.6 is 0 Å². The van der Waals surface area contributed by atoms with Crippen molar-refractivity contribution in [2.75, 3.05) is 18.9 Å². The molecule has 0 bridgehead atoms. The Hall–Kier alpha value is -1.07. The summed E-state index contributed by atoms with van der Waals surface area (Å²) in [4.78, 5) is 0.301. The summed E-state index contributed by atoms with van der Waals surface area (Å²) in [7, 11) is -1.90. The Labute approximate surface area is 109 Å². The van der Waals surface area contributed by atoms with Gasteiger partial charge in [0.2, 0.25) is 10.0 Å². The smallest absolute Gasteiger partial charge is 0.240 e. The molecule has 4 nitrogen and oxygen atoms in total. The van der Waals surface area contributed by atoms with E-state index in [0.29, 0.717) is 4.90 Å². The lowest BCUT2D eigenvalue weighted by molar-refractivity contribution is 0.303. The number of benzene rings is 1. The van der Waals surface area contributed by atoms with Crippen LogP contribution in [-0.4, -0.2) is 22.0 Å². The molecule has 0 saturated heterocycles. The molecule has 0 radical (unpaired) electrons. The molecule has 0 aromatic heterocycles. The highest BCUT2D eigenvalue weighted by atomic mass is 32.2. The molecule has 0 amide bonds. The van der Waals surface area contributed by atoms with Crippen LogP contribution in [0.15, 0.2) is 29.2 Å². The SMILES string of the molecule is CNS(=O)(=O)c1ccc(NCCC2CCC2)cc1. The third kappa shape index (κ3) is 3.23. The van der Waals surface area contributed by atoms with Gasteiger partial charge in [-0.2, -0.15) is 0 Å². The van der Waals surface area contributed by atoms with Gasteiger partial charge in [-0.3, -0.25) is 0 Å². The number of rotatable bonds is 6. The van der Waals surface area contributed by atoms with E-state index in [-0.39, 0.29) is 0 Å². The van der Waals surface area contributed by atoms with Crippen molar-refractivity contribution in [1.29, 1.82) is 0 Å². The minimum atomic E-state index is -3.32. The highest BCUT2D eigenvalue weighted by Crippen LogP contribution is 2.29. The molecule has 1 aliphatic rings. The van der Waals surface area contributed by atoms with Crippen molar-refractivity contribution in [1.82, 2.24) is 4.72 Å². The molecular formula is C13H20N2O2S. The summed E-state index contributed by atoms with van der Waals surface area (Å²) in [6, 6.07) is 6.87. The second kappa shape index (κ2) is 5.71. The van der Waals surface area contributed by atoms with Crippen molar-refractivity contribution < 1.29 is 8.42 Å². The van der Waals surface area contributed by atoms with Crippen molar-refractivity contribution in [2.24, 2.45) is 5.92 Å². The van der Waals surface area contributed by atoms with E-state index >= 15 is 0 Å². The molecule has 0 aliphatic heterocycles. The van der Waals surface area contributed by atoms with Crippen LogP contribution in [-0.2, 0) is 10.0 Å². The first-order valence-corrected chi connectivity index (χ1v) is 7.87. The zero-order valence-electron chi connectivity index (χ0n) is 10.6. The van der Waals surface area contributed by atoms with Gasteiger partial charge in [0.15, 0.2) is 0 Å². The number of nitrogens with one attached hydrogen (secondary N) is 2. The number of sulfonamides is 1. The second-order valence-corrected chi connectivity index (χ2v) is 6.63. The summed E-state index contributed by atoms with van der Waals surface area (Å²) >= 11 is 0. The molecule has 0 unspecified atom stereocenters. The third-order valence-corrected chi connectivity index (χ3v) is 4.97. The fraction of sp³-hybridized carbons (Fsp3) is 0.538. The lowest BCUT2D eigenvalue weighted by atomic mass is 9.83. The third-order valence-electron chi connectivity index (χ3n) is 3.54. The molecule has 0 atom stereocenters. The van der Waals surface area contributed by atoms with Gasteiger partial charge in [-0.05, 0) is 43.7 Å². The van der Waals surface area contributed by atoms with Gasteiger partial charge >= 0.3 is 0 Å². The molecular weight excluding hydrogens is 248 g/mol. The van der Waals surface area contributed by atoms with E-state index in [4.69, 9.17) is 0 Å². The molecule has 2 N–H and O–H groups in total. The monoisotopic (exact) mass is 268 g/mol. The van der Waals surface area contributed by atoms with Crippen LogP contribution in [0.5, 0.6) is 0 Å². The van der Waals surface area contributed by atoms with Gasteiger partial charge in [-0.25, -0.2) is 13.1 Å². The van der Waals surface area contributed by atoms with Crippen LogP contribution in [0.2, 0.25) is 0 Å². The fourth-order valence-corrected chi connectivity index (χ4v) is 2.80. The summed E-state index contributed by atoms with van der Waals surface area (Å²) in [5.74, 6) is 0.890.